The number of rotatable bonds is 4. The van der Waals surface area contributed by atoms with Gasteiger partial charge in [0.25, 0.3) is 5.91 Å². The van der Waals surface area contributed by atoms with Crippen LogP contribution in [0, 0.1) is 0 Å². The van der Waals surface area contributed by atoms with E-state index < -0.39 is 0 Å². The summed E-state index contributed by atoms with van der Waals surface area (Å²) in [7, 11) is 3.43. The maximum atomic E-state index is 12.4. The van der Waals surface area contributed by atoms with Crippen LogP contribution < -0.4 is 10.2 Å². The molecular formula is C20H23N3O2. The molecule has 5 heteroatoms. The number of hydrogen-bond acceptors (Lipinski definition) is 3. The Morgan fingerprint density at radius 1 is 1.12 bits per heavy atom. The molecule has 0 aliphatic carbocycles. The quantitative estimate of drug-likeness (QED) is 0.933. The Kier molecular flexibility index (Phi) is 4.74. The van der Waals surface area contributed by atoms with Gasteiger partial charge in [-0.25, -0.2) is 0 Å². The highest BCUT2D eigenvalue weighted by Gasteiger charge is 2.26. The number of amides is 2. The fourth-order valence-corrected chi connectivity index (χ4v) is 3.18. The van der Waals surface area contributed by atoms with E-state index in [4.69, 9.17) is 0 Å². The van der Waals surface area contributed by atoms with E-state index in [9.17, 15) is 9.59 Å². The molecule has 3 rings (SSSR count). The maximum absolute atomic E-state index is 12.4. The van der Waals surface area contributed by atoms with Crippen molar-refractivity contribution in [3.63, 3.8) is 0 Å². The van der Waals surface area contributed by atoms with Crippen molar-refractivity contribution in [1.29, 1.82) is 0 Å². The zero-order chi connectivity index (χ0) is 18.0. The van der Waals surface area contributed by atoms with Crippen LogP contribution in [0.25, 0.3) is 0 Å². The third kappa shape index (κ3) is 3.65. The van der Waals surface area contributed by atoms with E-state index >= 15 is 0 Å². The topological polar surface area (TPSA) is 52.7 Å². The average molecular weight is 337 g/mol. The van der Waals surface area contributed by atoms with Crippen LogP contribution in [0.2, 0.25) is 0 Å². The summed E-state index contributed by atoms with van der Waals surface area (Å²) in [6.45, 7) is 2.45. The van der Waals surface area contributed by atoms with Crippen LogP contribution >= 0.6 is 0 Å². The van der Waals surface area contributed by atoms with Gasteiger partial charge in [-0.05, 0) is 49.2 Å². The second-order valence-electron chi connectivity index (χ2n) is 6.63. The van der Waals surface area contributed by atoms with Gasteiger partial charge in [0, 0.05) is 37.1 Å². The van der Waals surface area contributed by atoms with Crippen LogP contribution in [0.3, 0.4) is 0 Å². The van der Waals surface area contributed by atoms with E-state index in [1.165, 1.54) is 10.5 Å². The Labute approximate surface area is 148 Å². The zero-order valence-electron chi connectivity index (χ0n) is 14.8. The predicted octanol–water partition coefficient (Wildman–Crippen LogP) is 2.78. The Balaban J connectivity index is 1.64. The summed E-state index contributed by atoms with van der Waals surface area (Å²) in [5.74, 6) is -0.115. The average Bonchev–Trinajstić information content (AvgIpc) is 2.90. The Morgan fingerprint density at radius 3 is 2.48 bits per heavy atom. The van der Waals surface area contributed by atoms with E-state index in [2.05, 4.69) is 29.3 Å². The summed E-state index contributed by atoms with van der Waals surface area (Å²) < 4.78 is 0. The Bertz CT molecular complexity index is 784. The molecule has 2 aromatic carbocycles. The van der Waals surface area contributed by atoms with Gasteiger partial charge in [-0.3, -0.25) is 9.59 Å². The molecule has 25 heavy (non-hydrogen) atoms. The molecule has 0 saturated heterocycles. The minimum atomic E-state index is -0.0600. The van der Waals surface area contributed by atoms with Gasteiger partial charge in [-0.2, -0.15) is 0 Å². The molecule has 0 radical (unpaired) electrons. The number of nitrogens with one attached hydrogen (secondary N) is 1. The van der Waals surface area contributed by atoms with Gasteiger partial charge in [-0.15, -0.1) is 0 Å². The number of anilines is 2. The molecule has 1 atom stereocenters. The molecule has 1 heterocycles. The van der Waals surface area contributed by atoms with E-state index in [-0.39, 0.29) is 11.8 Å². The first-order chi connectivity index (χ1) is 12.0. The minimum Gasteiger partial charge on any atom is -0.359 e. The van der Waals surface area contributed by atoms with Crippen molar-refractivity contribution in [2.45, 2.75) is 19.4 Å². The van der Waals surface area contributed by atoms with Crippen LogP contribution in [-0.4, -0.2) is 43.4 Å². The van der Waals surface area contributed by atoms with Crippen LogP contribution in [0.1, 0.15) is 22.8 Å². The van der Waals surface area contributed by atoms with E-state index in [0.29, 0.717) is 23.8 Å². The molecule has 2 aromatic rings. The fourth-order valence-electron chi connectivity index (χ4n) is 3.18. The number of hydrogen-bond donors (Lipinski definition) is 1. The summed E-state index contributed by atoms with van der Waals surface area (Å²) in [6.07, 6.45) is 0.963. The molecule has 0 saturated carbocycles. The summed E-state index contributed by atoms with van der Waals surface area (Å²) in [6, 6.07) is 15.5. The number of para-hydroxylation sites is 1. The maximum Gasteiger partial charge on any atom is 0.253 e. The normalized spacial score (nSPS) is 15.6. The number of nitrogens with zero attached hydrogens (tertiary/aromatic N) is 2. The van der Waals surface area contributed by atoms with E-state index in [0.717, 1.165) is 12.1 Å². The van der Waals surface area contributed by atoms with Gasteiger partial charge >= 0.3 is 0 Å². The highest BCUT2D eigenvalue weighted by Crippen LogP contribution is 2.31. The molecule has 1 aliphatic rings. The molecule has 0 fully saturated rings. The summed E-state index contributed by atoms with van der Waals surface area (Å²) in [4.78, 5) is 28.0. The van der Waals surface area contributed by atoms with Crippen LogP contribution in [0.4, 0.5) is 11.4 Å². The number of benzene rings is 2. The lowest BCUT2D eigenvalue weighted by atomic mass is 10.1. The van der Waals surface area contributed by atoms with Gasteiger partial charge in [0.05, 0.1) is 6.54 Å². The molecule has 0 unspecified atom stereocenters. The molecule has 5 nitrogen and oxygen atoms in total. The SMILES string of the molecule is C[C@H]1Cc2ccccc2N1CC(=O)Nc1ccc(C(=O)N(C)C)cc1. The molecular weight excluding hydrogens is 314 g/mol. The second-order valence-corrected chi connectivity index (χ2v) is 6.63. The third-order valence-electron chi connectivity index (χ3n) is 4.48. The monoisotopic (exact) mass is 337 g/mol. The summed E-state index contributed by atoms with van der Waals surface area (Å²) in [5.41, 5.74) is 3.72. The molecule has 130 valence electrons. The van der Waals surface area contributed by atoms with Gasteiger partial charge in [0.1, 0.15) is 0 Å². The van der Waals surface area contributed by atoms with Gasteiger partial charge in [0.2, 0.25) is 5.91 Å². The lowest BCUT2D eigenvalue weighted by Gasteiger charge is -2.24. The van der Waals surface area contributed by atoms with Crippen LogP contribution in [0.5, 0.6) is 0 Å². The third-order valence-corrected chi connectivity index (χ3v) is 4.48. The van der Waals surface area contributed by atoms with Crippen LogP contribution in [0.15, 0.2) is 48.5 Å². The van der Waals surface area contributed by atoms with Crippen molar-refractivity contribution in [3.05, 3.63) is 59.7 Å². The molecule has 2 amide bonds. The predicted molar refractivity (Wildman–Crippen MR) is 100 cm³/mol. The van der Waals surface area contributed by atoms with E-state index in [1.807, 2.05) is 12.1 Å². The van der Waals surface area contributed by atoms with Gasteiger partial charge in [-0.1, -0.05) is 18.2 Å². The first-order valence-corrected chi connectivity index (χ1v) is 8.42. The lowest BCUT2D eigenvalue weighted by Crippen LogP contribution is -2.37. The smallest absolute Gasteiger partial charge is 0.253 e. The van der Waals surface area contributed by atoms with Crippen molar-refractivity contribution >= 4 is 23.2 Å². The number of carbonyl (C=O) groups is 2. The van der Waals surface area contributed by atoms with Crippen molar-refractivity contribution in [2.24, 2.45) is 0 Å². The van der Waals surface area contributed by atoms with Gasteiger partial charge in [0.15, 0.2) is 0 Å². The summed E-state index contributed by atoms with van der Waals surface area (Å²) in [5, 5.41) is 2.91. The highest BCUT2D eigenvalue weighted by atomic mass is 16.2. The lowest BCUT2D eigenvalue weighted by molar-refractivity contribution is -0.115. The largest absolute Gasteiger partial charge is 0.359 e. The zero-order valence-corrected chi connectivity index (χ0v) is 14.8. The summed E-state index contributed by atoms with van der Waals surface area (Å²) >= 11 is 0. The first kappa shape index (κ1) is 17.0. The van der Waals surface area contributed by atoms with Crippen molar-refractivity contribution in [1.82, 2.24) is 4.90 Å². The standard InChI is InChI=1S/C20H23N3O2/c1-14-12-16-6-4-5-7-18(16)23(14)13-19(24)21-17-10-8-15(9-11-17)20(25)22(2)3/h4-11,14H,12-13H2,1-3H3,(H,21,24)/t14-/m0/s1. The molecule has 0 aromatic heterocycles. The minimum absolute atomic E-state index is 0.0552. The van der Waals surface area contributed by atoms with Crippen molar-refractivity contribution < 1.29 is 9.59 Å². The highest BCUT2D eigenvalue weighted by molar-refractivity contribution is 5.96. The number of carbonyl (C=O) groups excluding carboxylic acids is 2. The van der Waals surface area contributed by atoms with Crippen molar-refractivity contribution in [2.75, 3.05) is 30.9 Å². The first-order valence-electron chi connectivity index (χ1n) is 8.42. The van der Waals surface area contributed by atoms with E-state index in [1.54, 1.807) is 38.4 Å². The van der Waals surface area contributed by atoms with Crippen LogP contribution in [-0.2, 0) is 11.2 Å². The van der Waals surface area contributed by atoms with Crippen molar-refractivity contribution in [3.8, 4) is 0 Å². The molecule has 0 spiro atoms. The Morgan fingerprint density at radius 2 is 1.80 bits per heavy atom. The van der Waals surface area contributed by atoms with Gasteiger partial charge < -0.3 is 15.1 Å². The molecule has 1 N–H and O–H groups in total. The fraction of sp³-hybridized carbons (Fsp3) is 0.300. The number of fused-ring (bicyclic) bond motifs is 1. The second kappa shape index (κ2) is 6.97. The molecule has 1 aliphatic heterocycles. The molecule has 0 bridgehead atoms. The Hall–Kier alpha value is -2.82.